The molecule has 28 heavy (non-hydrogen) atoms. The molecule has 146 valence electrons. The Hall–Kier alpha value is -3.48. The molecule has 0 aliphatic heterocycles. The number of benzene rings is 2. The molecule has 0 saturated heterocycles. The third-order valence-electron chi connectivity index (χ3n) is 3.82. The van der Waals surface area contributed by atoms with Crippen molar-refractivity contribution in [2.45, 2.75) is 20.0 Å². The van der Waals surface area contributed by atoms with Crippen LogP contribution in [0, 0.1) is 0 Å². The Kier molecular flexibility index (Phi) is 6.16. The van der Waals surface area contributed by atoms with E-state index in [1.54, 1.807) is 14.2 Å². The summed E-state index contributed by atoms with van der Waals surface area (Å²) < 4.78 is 16.2. The predicted octanol–water partition coefficient (Wildman–Crippen LogP) is 4.77. The van der Waals surface area contributed by atoms with Gasteiger partial charge in [-0.2, -0.15) is 0 Å². The van der Waals surface area contributed by atoms with E-state index in [1.165, 1.54) is 6.33 Å². The van der Waals surface area contributed by atoms with E-state index in [0.717, 1.165) is 17.1 Å². The Morgan fingerprint density at radius 2 is 1.36 bits per heavy atom. The van der Waals surface area contributed by atoms with Crippen molar-refractivity contribution in [1.82, 2.24) is 9.97 Å². The summed E-state index contributed by atoms with van der Waals surface area (Å²) in [5.74, 6) is 3.48. The molecule has 1 aromatic heterocycles. The van der Waals surface area contributed by atoms with E-state index in [4.69, 9.17) is 14.2 Å². The van der Waals surface area contributed by atoms with Gasteiger partial charge in [0.15, 0.2) is 11.5 Å². The molecule has 0 atom stereocenters. The number of rotatable bonds is 8. The van der Waals surface area contributed by atoms with Gasteiger partial charge in [-0.05, 0) is 50.2 Å². The van der Waals surface area contributed by atoms with E-state index in [-0.39, 0.29) is 6.10 Å². The third-order valence-corrected chi connectivity index (χ3v) is 3.82. The minimum atomic E-state index is 0.144. The van der Waals surface area contributed by atoms with E-state index >= 15 is 0 Å². The maximum atomic E-state index is 5.66. The highest BCUT2D eigenvalue weighted by Crippen LogP contribution is 2.31. The van der Waals surface area contributed by atoms with Crippen molar-refractivity contribution in [2.24, 2.45) is 0 Å². The van der Waals surface area contributed by atoms with Gasteiger partial charge in [0.05, 0.1) is 20.3 Å². The Morgan fingerprint density at radius 3 is 1.96 bits per heavy atom. The SMILES string of the molecule is COc1ccc(Nc2cc(Nc3ccc(OC(C)C)cc3)ncn2)cc1OC. The maximum Gasteiger partial charge on any atom is 0.162 e. The summed E-state index contributed by atoms with van der Waals surface area (Å²) >= 11 is 0. The van der Waals surface area contributed by atoms with Gasteiger partial charge in [0.25, 0.3) is 0 Å². The molecule has 0 saturated carbocycles. The Morgan fingerprint density at radius 1 is 0.750 bits per heavy atom. The van der Waals surface area contributed by atoms with Crippen LogP contribution in [0.25, 0.3) is 0 Å². The lowest BCUT2D eigenvalue weighted by molar-refractivity contribution is 0.242. The highest BCUT2D eigenvalue weighted by Gasteiger charge is 2.06. The average Bonchev–Trinajstić information content (AvgIpc) is 2.69. The molecule has 2 aromatic carbocycles. The average molecular weight is 380 g/mol. The molecule has 0 unspecified atom stereocenters. The topological polar surface area (TPSA) is 77.5 Å². The van der Waals surface area contributed by atoms with Crippen LogP contribution in [0.2, 0.25) is 0 Å². The number of nitrogens with zero attached hydrogens (tertiary/aromatic N) is 2. The molecule has 0 aliphatic rings. The van der Waals surface area contributed by atoms with Gasteiger partial charge in [0.2, 0.25) is 0 Å². The van der Waals surface area contributed by atoms with Crippen LogP contribution in [-0.2, 0) is 0 Å². The van der Waals surface area contributed by atoms with Crippen molar-refractivity contribution in [3.8, 4) is 17.2 Å². The van der Waals surface area contributed by atoms with Crippen LogP contribution in [0.3, 0.4) is 0 Å². The third kappa shape index (κ3) is 5.03. The van der Waals surface area contributed by atoms with Gasteiger partial charge in [0, 0.05) is 23.5 Å². The fraction of sp³-hybridized carbons (Fsp3) is 0.238. The highest BCUT2D eigenvalue weighted by atomic mass is 16.5. The van der Waals surface area contributed by atoms with Crippen LogP contribution in [0.5, 0.6) is 17.2 Å². The van der Waals surface area contributed by atoms with Gasteiger partial charge in [-0.3, -0.25) is 0 Å². The zero-order chi connectivity index (χ0) is 19.9. The Labute approximate surface area is 164 Å². The van der Waals surface area contributed by atoms with Gasteiger partial charge in [-0.25, -0.2) is 9.97 Å². The summed E-state index contributed by atoms with van der Waals surface area (Å²) in [6, 6.07) is 15.1. The van der Waals surface area contributed by atoms with Crippen LogP contribution >= 0.6 is 0 Å². The zero-order valence-electron chi connectivity index (χ0n) is 16.4. The summed E-state index contributed by atoms with van der Waals surface area (Å²) in [7, 11) is 3.21. The van der Waals surface area contributed by atoms with Gasteiger partial charge in [-0.15, -0.1) is 0 Å². The highest BCUT2D eigenvalue weighted by molar-refractivity contribution is 5.65. The van der Waals surface area contributed by atoms with Crippen molar-refractivity contribution in [3.05, 3.63) is 54.9 Å². The Bertz CT molecular complexity index is 914. The van der Waals surface area contributed by atoms with Crippen LogP contribution in [0.1, 0.15) is 13.8 Å². The predicted molar refractivity (Wildman–Crippen MR) is 110 cm³/mol. The number of anilines is 4. The van der Waals surface area contributed by atoms with Crippen molar-refractivity contribution in [1.29, 1.82) is 0 Å². The second kappa shape index (κ2) is 8.94. The number of aromatic nitrogens is 2. The molecule has 0 amide bonds. The van der Waals surface area contributed by atoms with Gasteiger partial charge < -0.3 is 24.8 Å². The molecule has 0 spiro atoms. The number of methoxy groups -OCH3 is 2. The van der Waals surface area contributed by atoms with Gasteiger partial charge in [-0.1, -0.05) is 0 Å². The van der Waals surface area contributed by atoms with Crippen molar-refractivity contribution in [3.63, 3.8) is 0 Å². The fourth-order valence-electron chi connectivity index (χ4n) is 2.59. The lowest BCUT2D eigenvalue weighted by Gasteiger charge is -2.12. The summed E-state index contributed by atoms with van der Waals surface area (Å²) in [4.78, 5) is 8.54. The molecule has 0 radical (unpaired) electrons. The maximum absolute atomic E-state index is 5.66. The number of ether oxygens (including phenoxy) is 3. The second-order valence-electron chi connectivity index (χ2n) is 6.30. The standard InChI is InChI=1S/C21H24N4O3/c1-14(2)28-17-8-5-15(6-9-17)24-20-12-21(23-13-22-20)25-16-7-10-18(26-3)19(11-16)27-4/h5-14H,1-4H3,(H2,22,23,24,25). The molecule has 0 bridgehead atoms. The van der Waals surface area contributed by atoms with Gasteiger partial charge >= 0.3 is 0 Å². The first-order valence-electron chi connectivity index (χ1n) is 8.92. The van der Waals surface area contributed by atoms with Crippen molar-refractivity contribution < 1.29 is 14.2 Å². The van der Waals surface area contributed by atoms with Crippen LogP contribution in [0.15, 0.2) is 54.9 Å². The summed E-state index contributed by atoms with van der Waals surface area (Å²) in [6.45, 7) is 4.00. The quantitative estimate of drug-likeness (QED) is 0.583. The van der Waals surface area contributed by atoms with E-state index in [0.29, 0.717) is 23.1 Å². The molecular formula is C21H24N4O3. The van der Waals surface area contributed by atoms with Crippen LogP contribution in [-0.4, -0.2) is 30.3 Å². The molecule has 7 nitrogen and oxygen atoms in total. The lowest BCUT2D eigenvalue weighted by atomic mass is 10.2. The molecule has 3 aromatic rings. The summed E-state index contributed by atoms with van der Waals surface area (Å²) in [5, 5.41) is 6.50. The van der Waals surface area contributed by atoms with Crippen LogP contribution in [0.4, 0.5) is 23.0 Å². The molecule has 7 heteroatoms. The minimum Gasteiger partial charge on any atom is -0.493 e. The van der Waals surface area contributed by atoms with Crippen molar-refractivity contribution >= 4 is 23.0 Å². The van der Waals surface area contributed by atoms with E-state index in [1.807, 2.05) is 62.4 Å². The smallest absolute Gasteiger partial charge is 0.162 e. The summed E-state index contributed by atoms with van der Waals surface area (Å²) in [5.41, 5.74) is 1.74. The van der Waals surface area contributed by atoms with Crippen molar-refractivity contribution in [2.75, 3.05) is 24.9 Å². The summed E-state index contributed by atoms with van der Waals surface area (Å²) in [6.07, 6.45) is 1.65. The lowest BCUT2D eigenvalue weighted by Crippen LogP contribution is -2.05. The molecule has 0 aliphatic carbocycles. The normalized spacial score (nSPS) is 10.5. The van der Waals surface area contributed by atoms with Gasteiger partial charge in [0.1, 0.15) is 23.7 Å². The molecule has 1 heterocycles. The van der Waals surface area contributed by atoms with E-state index in [2.05, 4.69) is 20.6 Å². The monoisotopic (exact) mass is 380 g/mol. The first-order valence-corrected chi connectivity index (χ1v) is 8.92. The molecule has 2 N–H and O–H groups in total. The minimum absolute atomic E-state index is 0.144. The first-order chi connectivity index (χ1) is 13.6. The molecular weight excluding hydrogens is 356 g/mol. The Balaban J connectivity index is 1.70. The zero-order valence-corrected chi connectivity index (χ0v) is 16.4. The number of nitrogens with one attached hydrogen (secondary N) is 2. The largest absolute Gasteiger partial charge is 0.493 e. The number of hydrogen-bond donors (Lipinski definition) is 2. The van der Waals surface area contributed by atoms with E-state index in [9.17, 15) is 0 Å². The van der Waals surface area contributed by atoms with E-state index < -0.39 is 0 Å². The second-order valence-corrected chi connectivity index (χ2v) is 6.30. The van der Waals surface area contributed by atoms with Crippen LogP contribution < -0.4 is 24.8 Å². The number of hydrogen-bond acceptors (Lipinski definition) is 7. The molecule has 3 rings (SSSR count). The molecule has 0 fully saturated rings. The fourth-order valence-corrected chi connectivity index (χ4v) is 2.59. The first kappa shape index (κ1) is 19.3.